The number of ether oxygens (including phenoxy) is 1. The Morgan fingerprint density at radius 1 is 1.04 bits per heavy atom. The minimum atomic E-state index is 0. The van der Waals surface area contributed by atoms with Crippen LogP contribution < -0.4 is 10.6 Å². The monoisotopic (exact) mass is 465 g/mol. The predicted molar refractivity (Wildman–Crippen MR) is 118 cm³/mol. The second-order valence-electron chi connectivity index (χ2n) is 5.33. The van der Waals surface area contributed by atoms with Gasteiger partial charge in [-0.25, -0.2) is 0 Å². The van der Waals surface area contributed by atoms with Gasteiger partial charge in [-0.2, -0.15) is 11.8 Å². The first-order valence-electron chi connectivity index (χ1n) is 8.42. The van der Waals surface area contributed by atoms with Crippen molar-refractivity contribution in [1.29, 1.82) is 0 Å². The molecule has 1 aromatic rings. The van der Waals surface area contributed by atoms with Crippen LogP contribution in [0.5, 0.6) is 0 Å². The summed E-state index contributed by atoms with van der Waals surface area (Å²) in [6, 6.07) is 10.5. The van der Waals surface area contributed by atoms with Crippen molar-refractivity contribution in [2.75, 3.05) is 45.4 Å². The van der Waals surface area contributed by atoms with Crippen LogP contribution in [0.15, 0.2) is 35.3 Å². The van der Waals surface area contributed by atoms with E-state index in [1.165, 1.54) is 24.2 Å². The Labute approximate surface area is 168 Å². The molecule has 1 rings (SSSR count). The third-order valence-corrected chi connectivity index (χ3v) is 4.12. The molecular formula is C18H32IN3OS. The van der Waals surface area contributed by atoms with E-state index in [-0.39, 0.29) is 24.0 Å². The summed E-state index contributed by atoms with van der Waals surface area (Å²) < 4.78 is 5.68. The summed E-state index contributed by atoms with van der Waals surface area (Å²) in [5.41, 5.74) is 1.33. The number of thioether (sulfide) groups is 1. The second-order valence-corrected chi connectivity index (χ2v) is 6.31. The largest absolute Gasteiger partial charge is 0.381 e. The fraction of sp³-hybridized carbons (Fsp3) is 0.611. The molecule has 0 bridgehead atoms. The van der Waals surface area contributed by atoms with Crippen LogP contribution in [0, 0.1) is 0 Å². The summed E-state index contributed by atoms with van der Waals surface area (Å²) >= 11 is 1.90. The van der Waals surface area contributed by atoms with Gasteiger partial charge in [0.25, 0.3) is 0 Å². The van der Waals surface area contributed by atoms with Crippen molar-refractivity contribution in [3.05, 3.63) is 35.9 Å². The lowest BCUT2D eigenvalue weighted by Gasteiger charge is -2.11. The van der Waals surface area contributed by atoms with Crippen LogP contribution >= 0.6 is 35.7 Å². The highest BCUT2D eigenvalue weighted by Crippen LogP contribution is 1.99. The number of nitrogens with one attached hydrogen (secondary N) is 2. The van der Waals surface area contributed by atoms with E-state index in [9.17, 15) is 0 Å². The maximum atomic E-state index is 5.68. The molecule has 0 amide bonds. The molecular weight excluding hydrogens is 433 g/mol. The van der Waals surface area contributed by atoms with Crippen LogP contribution in [0.3, 0.4) is 0 Å². The molecule has 0 aliphatic rings. The fourth-order valence-electron chi connectivity index (χ4n) is 2.12. The summed E-state index contributed by atoms with van der Waals surface area (Å²) in [5.74, 6) is 2.12. The molecule has 2 N–H and O–H groups in total. The number of halogens is 1. The Morgan fingerprint density at radius 3 is 2.42 bits per heavy atom. The zero-order valence-corrected chi connectivity index (χ0v) is 18.1. The molecule has 0 aromatic heterocycles. The molecule has 0 heterocycles. The number of aliphatic imine (C=N–C) groups is 1. The van der Waals surface area contributed by atoms with E-state index in [2.05, 4.69) is 46.1 Å². The average molecular weight is 465 g/mol. The molecule has 0 fully saturated rings. The normalized spacial score (nSPS) is 11.0. The van der Waals surface area contributed by atoms with Gasteiger partial charge in [0, 0.05) is 26.7 Å². The molecule has 0 atom stereocenters. The maximum absolute atomic E-state index is 5.68. The minimum Gasteiger partial charge on any atom is -0.381 e. The molecule has 138 valence electrons. The predicted octanol–water partition coefficient (Wildman–Crippen LogP) is 3.56. The Balaban J connectivity index is 0.00000529. The van der Waals surface area contributed by atoms with Crippen LogP contribution in [-0.4, -0.2) is 51.3 Å². The topological polar surface area (TPSA) is 45.7 Å². The minimum absolute atomic E-state index is 0. The van der Waals surface area contributed by atoms with E-state index in [0.29, 0.717) is 0 Å². The van der Waals surface area contributed by atoms with Gasteiger partial charge in [-0.1, -0.05) is 30.3 Å². The Morgan fingerprint density at radius 2 is 1.75 bits per heavy atom. The summed E-state index contributed by atoms with van der Waals surface area (Å²) in [5, 5.41) is 6.66. The molecule has 24 heavy (non-hydrogen) atoms. The first-order valence-corrected chi connectivity index (χ1v) is 9.81. The number of guanidine groups is 1. The summed E-state index contributed by atoms with van der Waals surface area (Å²) in [4.78, 5) is 4.23. The highest BCUT2D eigenvalue weighted by Gasteiger charge is 1.97. The SMILES string of the molecule is CN=C(NCCCCSC)NCCCOCCc1ccccc1.I. The van der Waals surface area contributed by atoms with E-state index in [1.807, 2.05) is 24.9 Å². The molecule has 4 nitrogen and oxygen atoms in total. The molecule has 1 aromatic carbocycles. The number of hydrogen-bond donors (Lipinski definition) is 2. The lowest BCUT2D eigenvalue weighted by atomic mass is 10.2. The van der Waals surface area contributed by atoms with Crippen LogP contribution in [0.25, 0.3) is 0 Å². The summed E-state index contributed by atoms with van der Waals surface area (Å²) in [6.45, 7) is 3.43. The van der Waals surface area contributed by atoms with E-state index < -0.39 is 0 Å². The van der Waals surface area contributed by atoms with Gasteiger partial charge in [0.15, 0.2) is 5.96 Å². The molecule has 0 radical (unpaired) electrons. The van der Waals surface area contributed by atoms with Gasteiger partial charge < -0.3 is 15.4 Å². The van der Waals surface area contributed by atoms with Crippen LogP contribution in [0.4, 0.5) is 0 Å². The first-order chi connectivity index (χ1) is 11.4. The third-order valence-electron chi connectivity index (χ3n) is 3.43. The standard InChI is InChI=1S/C18H31N3OS.HI/c1-19-18(20-12-6-7-16-23-2)21-13-8-14-22-15-11-17-9-4-3-5-10-17;/h3-5,9-10H,6-8,11-16H2,1-2H3,(H2,19,20,21);1H. The van der Waals surface area contributed by atoms with Crippen LogP contribution in [-0.2, 0) is 11.2 Å². The zero-order chi connectivity index (χ0) is 16.6. The number of nitrogens with zero attached hydrogens (tertiary/aromatic N) is 1. The molecule has 0 spiro atoms. The Bertz CT molecular complexity index is 418. The van der Waals surface area contributed by atoms with Crippen molar-refractivity contribution >= 4 is 41.7 Å². The number of benzene rings is 1. The molecule has 0 unspecified atom stereocenters. The lowest BCUT2D eigenvalue weighted by molar-refractivity contribution is 0.135. The maximum Gasteiger partial charge on any atom is 0.190 e. The van der Waals surface area contributed by atoms with Gasteiger partial charge >= 0.3 is 0 Å². The van der Waals surface area contributed by atoms with Gasteiger partial charge in [-0.05, 0) is 43.3 Å². The number of hydrogen-bond acceptors (Lipinski definition) is 3. The highest BCUT2D eigenvalue weighted by molar-refractivity contribution is 14.0. The van der Waals surface area contributed by atoms with E-state index in [1.54, 1.807) is 0 Å². The van der Waals surface area contributed by atoms with Gasteiger partial charge in [0.05, 0.1) is 6.61 Å². The van der Waals surface area contributed by atoms with Crippen LogP contribution in [0.2, 0.25) is 0 Å². The van der Waals surface area contributed by atoms with Gasteiger partial charge in [-0.15, -0.1) is 24.0 Å². The van der Waals surface area contributed by atoms with Gasteiger partial charge in [0.1, 0.15) is 0 Å². The molecule has 6 heteroatoms. The summed E-state index contributed by atoms with van der Waals surface area (Å²) in [6.07, 6.45) is 6.55. The van der Waals surface area contributed by atoms with Crippen LogP contribution in [0.1, 0.15) is 24.8 Å². The van der Waals surface area contributed by atoms with Crippen molar-refractivity contribution in [3.8, 4) is 0 Å². The fourth-order valence-corrected chi connectivity index (χ4v) is 2.61. The molecule has 0 saturated carbocycles. The van der Waals surface area contributed by atoms with Crippen molar-refractivity contribution in [2.45, 2.75) is 25.7 Å². The van der Waals surface area contributed by atoms with Crippen molar-refractivity contribution in [3.63, 3.8) is 0 Å². The first kappa shape index (κ1) is 23.5. The van der Waals surface area contributed by atoms with E-state index in [4.69, 9.17) is 4.74 Å². The Hall–Kier alpha value is -0.470. The molecule has 0 aliphatic heterocycles. The van der Waals surface area contributed by atoms with Gasteiger partial charge in [0.2, 0.25) is 0 Å². The van der Waals surface area contributed by atoms with Crippen molar-refractivity contribution in [2.24, 2.45) is 4.99 Å². The van der Waals surface area contributed by atoms with Gasteiger partial charge in [-0.3, -0.25) is 4.99 Å². The Kier molecular flexibility index (Phi) is 17.0. The quantitative estimate of drug-likeness (QED) is 0.215. The summed E-state index contributed by atoms with van der Waals surface area (Å²) in [7, 11) is 1.81. The highest BCUT2D eigenvalue weighted by atomic mass is 127. The average Bonchev–Trinajstić information content (AvgIpc) is 2.59. The number of unbranched alkanes of at least 4 members (excludes halogenated alkanes) is 1. The third kappa shape index (κ3) is 12.9. The van der Waals surface area contributed by atoms with E-state index in [0.717, 1.165) is 45.1 Å². The second kappa shape index (κ2) is 17.4. The zero-order valence-electron chi connectivity index (χ0n) is 14.9. The molecule has 0 saturated heterocycles. The smallest absolute Gasteiger partial charge is 0.190 e. The lowest BCUT2D eigenvalue weighted by Crippen LogP contribution is -2.38. The van der Waals surface area contributed by atoms with Crippen molar-refractivity contribution in [1.82, 2.24) is 10.6 Å². The van der Waals surface area contributed by atoms with E-state index >= 15 is 0 Å². The number of rotatable bonds is 12. The molecule has 0 aliphatic carbocycles. The van der Waals surface area contributed by atoms with Crippen molar-refractivity contribution < 1.29 is 4.74 Å².